The van der Waals surface area contributed by atoms with E-state index in [1.54, 1.807) is 12.3 Å². The average Bonchev–Trinajstić information content (AvgIpc) is 3.03. The first-order chi connectivity index (χ1) is 7.74. The Hall–Kier alpha value is -1.48. The van der Waals surface area contributed by atoms with E-state index < -0.39 is 0 Å². The number of benzene rings is 1. The van der Waals surface area contributed by atoms with Gasteiger partial charge < -0.3 is 11.1 Å². The second-order valence-electron chi connectivity index (χ2n) is 4.17. The van der Waals surface area contributed by atoms with Gasteiger partial charge in [-0.05, 0) is 31.0 Å². The van der Waals surface area contributed by atoms with Crippen LogP contribution in [0.15, 0.2) is 24.4 Å². The van der Waals surface area contributed by atoms with Crippen LogP contribution in [-0.2, 0) is 0 Å². The first-order valence-corrected chi connectivity index (χ1v) is 5.72. The summed E-state index contributed by atoms with van der Waals surface area (Å²) in [5, 5.41) is 6.04. The Morgan fingerprint density at radius 1 is 1.31 bits per heavy atom. The molecule has 16 heavy (non-hydrogen) atoms. The van der Waals surface area contributed by atoms with Gasteiger partial charge in [0.2, 0.25) is 0 Å². The van der Waals surface area contributed by atoms with Gasteiger partial charge in [-0.1, -0.05) is 11.6 Å². The lowest BCUT2D eigenvalue weighted by Gasteiger charge is -2.09. The number of hydrogen-bond donors (Lipinski definition) is 2. The predicted octanol–water partition coefficient (Wildman–Crippen LogP) is 3.04. The fraction of sp³-hybridized carbons (Fsp3) is 0.250. The number of rotatable bonds is 2. The van der Waals surface area contributed by atoms with Crippen LogP contribution in [0.5, 0.6) is 0 Å². The second kappa shape index (κ2) is 3.52. The molecule has 1 fully saturated rings. The zero-order valence-electron chi connectivity index (χ0n) is 8.70. The second-order valence-corrected chi connectivity index (χ2v) is 4.60. The van der Waals surface area contributed by atoms with E-state index in [0.29, 0.717) is 16.8 Å². The summed E-state index contributed by atoms with van der Waals surface area (Å²) in [5.74, 6) is 0.884. The number of nitrogens with zero attached hydrogens (tertiary/aromatic N) is 1. The lowest BCUT2D eigenvalue weighted by molar-refractivity contribution is 1.12. The average molecular weight is 234 g/mol. The molecule has 0 unspecified atom stereocenters. The number of nitrogens with one attached hydrogen (secondary N) is 1. The van der Waals surface area contributed by atoms with Gasteiger partial charge in [0, 0.05) is 33.7 Å². The van der Waals surface area contributed by atoms with Crippen molar-refractivity contribution in [2.24, 2.45) is 0 Å². The minimum Gasteiger partial charge on any atom is -0.398 e. The number of nitrogens with two attached hydrogens (primary N) is 1. The van der Waals surface area contributed by atoms with Crippen molar-refractivity contribution >= 4 is 33.9 Å². The molecule has 1 aliphatic rings. The first-order valence-electron chi connectivity index (χ1n) is 5.34. The van der Waals surface area contributed by atoms with Gasteiger partial charge in [0.15, 0.2) is 0 Å². The third-order valence-corrected chi connectivity index (χ3v) is 3.01. The molecule has 0 atom stereocenters. The van der Waals surface area contributed by atoms with Crippen molar-refractivity contribution in [3.05, 3.63) is 29.4 Å². The summed E-state index contributed by atoms with van der Waals surface area (Å²) in [6, 6.07) is 6.16. The van der Waals surface area contributed by atoms with Gasteiger partial charge >= 0.3 is 0 Å². The summed E-state index contributed by atoms with van der Waals surface area (Å²) in [6.07, 6.45) is 4.21. The molecule has 1 aromatic carbocycles. The third kappa shape index (κ3) is 1.67. The molecule has 1 aromatic heterocycles. The minimum atomic E-state index is 0.568. The number of fused-ring (bicyclic) bond motifs is 1. The molecule has 82 valence electrons. The van der Waals surface area contributed by atoms with Crippen LogP contribution in [0.4, 0.5) is 11.5 Å². The zero-order valence-corrected chi connectivity index (χ0v) is 9.46. The predicted molar refractivity (Wildman–Crippen MR) is 67.8 cm³/mol. The summed E-state index contributed by atoms with van der Waals surface area (Å²) >= 11 is 6.01. The SMILES string of the molecule is Nc1cc(Cl)cc2c(NC3CC3)nccc12. The molecule has 4 heteroatoms. The van der Waals surface area contributed by atoms with Crippen LogP contribution < -0.4 is 11.1 Å². The van der Waals surface area contributed by atoms with Crippen LogP contribution in [0.2, 0.25) is 5.02 Å². The fourth-order valence-corrected chi connectivity index (χ4v) is 2.04. The van der Waals surface area contributed by atoms with Crippen molar-refractivity contribution in [1.29, 1.82) is 0 Å². The first kappa shape index (κ1) is 9.73. The molecule has 3 rings (SSSR count). The molecule has 0 aliphatic heterocycles. The largest absolute Gasteiger partial charge is 0.398 e. The highest BCUT2D eigenvalue weighted by Crippen LogP contribution is 2.32. The fourth-order valence-electron chi connectivity index (χ4n) is 1.81. The Morgan fingerprint density at radius 2 is 2.12 bits per heavy atom. The van der Waals surface area contributed by atoms with Crippen molar-refractivity contribution in [3.8, 4) is 0 Å². The smallest absolute Gasteiger partial charge is 0.134 e. The Morgan fingerprint density at radius 3 is 2.88 bits per heavy atom. The van der Waals surface area contributed by atoms with E-state index in [2.05, 4.69) is 10.3 Å². The van der Waals surface area contributed by atoms with Gasteiger partial charge in [0.25, 0.3) is 0 Å². The van der Waals surface area contributed by atoms with Gasteiger partial charge in [-0.25, -0.2) is 4.98 Å². The monoisotopic (exact) mass is 233 g/mol. The highest BCUT2D eigenvalue weighted by molar-refractivity contribution is 6.32. The quantitative estimate of drug-likeness (QED) is 0.784. The maximum absolute atomic E-state index is 6.01. The molecule has 1 heterocycles. The third-order valence-electron chi connectivity index (χ3n) is 2.79. The normalized spacial score (nSPS) is 15.3. The van der Waals surface area contributed by atoms with Gasteiger partial charge in [-0.15, -0.1) is 0 Å². The molecule has 2 aromatic rings. The van der Waals surface area contributed by atoms with Crippen molar-refractivity contribution in [3.63, 3.8) is 0 Å². The Labute approximate surface area is 98.6 Å². The molecular weight excluding hydrogens is 222 g/mol. The number of aromatic nitrogens is 1. The molecule has 0 saturated heterocycles. The highest BCUT2D eigenvalue weighted by atomic mass is 35.5. The molecule has 0 bridgehead atoms. The van der Waals surface area contributed by atoms with Crippen molar-refractivity contribution in [2.45, 2.75) is 18.9 Å². The van der Waals surface area contributed by atoms with Crippen LogP contribution in [-0.4, -0.2) is 11.0 Å². The highest BCUT2D eigenvalue weighted by Gasteiger charge is 2.22. The van der Waals surface area contributed by atoms with Crippen LogP contribution in [0.25, 0.3) is 10.8 Å². The summed E-state index contributed by atoms with van der Waals surface area (Å²) in [4.78, 5) is 4.34. The Balaban J connectivity index is 2.19. The van der Waals surface area contributed by atoms with Gasteiger partial charge in [-0.2, -0.15) is 0 Å². The van der Waals surface area contributed by atoms with E-state index in [-0.39, 0.29) is 0 Å². The Kier molecular flexibility index (Phi) is 2.14. The topological polar surface area (TPSA) is 50.9 Å². The minimum absolute atomic E-state index is 0.568. The summed E-state index contributed by atoms with van der Waals surface area (Å²) in [6.45, 7) is 0. The van der Waals surface area contributed by atoms with E-state index in [1.807, 2.05) is 12.1 Å². The molecule has 0 amide bonds. The van der Waals surface area contributed by atoms with Gasteiger partial charge in [0.05, 0.1) is 0 Å². The molecule has 3 nitrogen and oxygen atoms in total. The number of hydrogen-bond acceptors (Lipinski definition) is 3. The summed E-state index contributed by atoms with van der Waals surface area (Å²) < 4.78 is 0. The van der Waals surface area contributed by atoms with Gasteiger partial charge in [0.1, 0.15) is 5.82 Å². The van der Waals surface area contributed by atoms with Crippen molar-refractivity contribution in [1.82, 2.24) is 4.98 Å². The maximum atomic E-state index is 6.01. The zero-order chi connectivity index (χ0) is 11.1. The summed E-state index contributed by atoms with van der Waals surface area (Å²) in [5.41, 5.74) is 6.63. The molecule has 1 aliphatic carbocycles. The number of pyridine rings is 1. The van der Waals surface area contributed by atoms with Crippen molar-refractivity contribution in [2.75, 3.05) is 11.1 Å². The van der Waals surface area contributed by atoms with Crippen LogP contribution >= 0.6 is 11.6 Å². The van der Waals surface area contributed by atoms with E-state index in [9.17, 15) is 0 Å². The number of anilines is 2. The van der Waals surface area contributed by atoms with E-state index >= 15 is 0 Å². The molecular formula is C12H12ClN3. The molecule has 0 spiro atoms. The number of nitrogen functional groups attached to an aromatic ring is 1. The maximum Gasteiger partial charge on any atom is 0.134 e. The lowest BCUT2D eigenvalue weighted by atomic mass is 10.1. The van der Waals surface area contributed by atoms with Gasteiger partial charge in [-0.3, -0.25) is 0 Å². The standard InChI is InChI=1S/C12H12ClN3/c13-7-5-10-9(11(14)6-7)3-4-15-12(10)16-8-1-2-8/h3-6,8H,1-2,14H2,(H,15,16). The van der Waals surface area contributed by atoms with E-state index in [0.717, 1.165) is 16.6 Å². The van der Waals surface area contributed by atoms with Crippen LogP contribution in [0.3, 0.4) is 0 Å². The number of halogens is 1. The van der Waals surface area contributed by atoms with Crippen LogP contribution in [0.1, 0.15) is 12.8 Å². The van der Waals surface area contributed by atoms with Crippen LogP contribution in [0, 0.1) is 0 Å². The van der Waals surface area contributed by atoms with Crippen molar-refractivity contribution < 1.29 is 0 Å². The van der Waals surface area contributed by atoms with E-state index in [1.165, 1.54) is 12.8 Å². The van der Waals surface area contributed by atoms with E-state index in [4.69, 9.17) is 17.3 Å². The summed E-state index contributed by atoms with van der Waals surface area (Å²) in [7, 11) is 0. The lowest BCUT2D eigenvalue weighted by Crippen LogP contribution is -2.03. The molecule has 0 radical (unpaired) electrons. The molecule has 1 saturated carbocycles. The molecule has 3 N–H and O–H groups in total. The Bertz CT molecular complexity index is 549.